The second kappa shape index (κ2) is 14.0. The topological polar surface area (TPSA) is 102 Å². The van der Waals surface area contributed by atoms with Crippen LogP contribution in [0.25, 0.3) is 0 Å². The summed E-state index contributed by atoms with van der Waals surface area (Å²) in [6.07, 6.45) is 7.33. The fraction of sp³-hybridized carbons (Fsp3) is 0.615. The van der Waals surface area contributed by atoms with Gasteiger partial charge in [-0.15, -0.1) is 0 Å². The molecule has 4 atom stereocenters. The van der Waals surface area contributed by atoms with Gasteiger partial charge < -0.3 is 24.4 Å². The number of carbonyl (C=O) groups is 2. The first-order chi connectivity index (χ1) is 15.5. The average Bonchev–Trinajstić information content (AvgIpc) is 2.74. The highest BCUT2D eigenvalue weighted by Gasteiger charge is 2.44. The number of ether oxygens (including phenoxy) is 3. The first-order valence-corrected chi connectivity index (χ1v) is 11.4. The molecule has 7 heteroatoms. The minimum Gasteiger partial charge on any atom is -0.493 e. The summed E-state index contributed by atoms with van der Waals surface area (Å²) in [6.45, 7) is 8.91. The van der Waals surface area contributed by atoms with Gasteiger partial charge in [0.2, 0.25) is 11.5 Å². The van der Waals surface area contributed by atoms with Crippen LogP contribution in [0.3, 0.4) is 0 Å². The molecule has 1 aliphatic rings. The summed E-state index contributed by atoms with van der Waals surface area (Å²) in [5, 5.41) is 19.1. The van der Waals surface area contributed by atoms with Gasteiger partial charge in [-0.2, -0.15) is 0 Å². The summed E-state index contributed by atoms with van der Waals surface area (Å²) in [7, 11) is 2.85. The van der Waals surface area contributed by atoms with Crippen LogP contribution in [0.1, 0.15) is 60.3 Å². The zero-order chi connectivity index (χ0) is 25.1. The zero-order valence-electron chi connectivity index (χ0n) is 21.0. The number of carbonyl (C=O) groups excluding carboxylic acids is 2. The minimum atomic E-state index is -0.682. The molecule has 0 aromatic carbocycles. The van der Waals surface area contributed by atoms with E-state index < -0.39 is 18.2 Å². The second-order valence-corrected chi connectivity index (χ2v) is 8.77. The van der Waals surface area contributed by atoms with Crippen molar-refractivity contribution < 1.29 is 34.0 Å². The van der Waals surface area contributed by atoms with Crippen molar-refractivity contribution in [1.29, 1.82) is 0 Å². The van der Waals surface area contributed by atoms with Gasteiger partial charge in [0, 0.05) is 18.8 Å². The van der Waals surface area contributed by atoms with E-state index in [2.05, 4.69) is 12.2 Å². The maximum atomic E-state index is 12.8. The van der Waals surface area contributed by atoms with Crippen LogP contribution in [-0.4, -0.2) is 55.0 Å². The van der Waals surface area contributed by atoms with E-state index in [0.29, 0.717) is 12.8 Å². The van der Waals surface area contributed by atoms with Gasteiger partial charge in [-0.1, -0.05) is 36.3 Å². The van der Waals surface area contributed by atoms with Gasteiger partial charge in [0.1, 0.15) is 0 Å². The van der Waals surface area contributed by atoms with Crippen LogP contribution in [0.4, 0.5) is 0 Å². The Labute approximate surface area is 197 Å². The maximum Gasteiger partial charge on any atom is 0.303 e. The van der Waals surface area contributed by atoms with Crippen molar-refractivity contribution in [2.75, 3.05) is 20.8 Å². The standard InChI is InChI=1S/C26H40O7/c1-16(9-8-10-17(2)13-21(29)14-18(3)15-27)11-12-22-19(4)23(30)25(31-6)26(32-7)24(22)33-20(5)28/h10-11,14,19,21-22,24,27,29H,8-9,12-13,15H2,1-7H3/b16-11+,17-10+,18-14+/t19-,21+,22-,24-/m1/s1. The number of methoxy groups -OCH3 is 2. The summed E-state index contributed by atoms with van der Waals surface area (Å²) in [4.78, 5) is 24.5. The summed E-state index contributed by atoms with van der Waals surface area (Å²) < 4.78 is 16.2. The largest absolute Gasteiger partial charge is 0.493 e. The molecule has 33 heavy (non-hydrogen) atoms. The van der Waals surface area contributed by atoms with E-state index in [1.54, 1.807) is 13.0 Å². The van der Waals surface area contributed by atoms with E-state index >= 15 is 0 Å². The molecule has 0 saturated heterocycles. The molecule has 0 heterocycles. The third-order valence-corrected chi connectivity index (χ3v) is 5.89. The van der Waals surface area contributed by atoms with Crippen LogP contribution in [0, 0.1) is 11.8 Å². The number of hydrogen-bond donors (Lipinski definition) is 2. The number of allylic oxidation sites excluding steroid dienone is 4. The number of aliphatic hydroxyl groups excluding tert-OH is 2. The molecule has 0 aliphatic heterocycles. The molecule has 0 aromatic rings. The van der Waals surface area contributed by atoms with Crippen molar-refractivity contribution in [3.8, 4) is 0 Å². The van der Waals surface area contributed by atoms with Gasteiger partial charge in [-0.3, -0.25) is 9.59 Å². The predicted molar refractivity (Wildman–Crippen MR) is 127 cm³/mol. The lowest BCUT2D eigenvalue weighted by Gasteiger charge is -2.35. The van der Waals surface area contributed by atoms with Gasteiger partial charge in [0.25, 0.3) is 0 Å². The zero-order valence-corrected chi connectivity index (χ0v) is 21.0. The van der Waals surface area contributed by atoms with Gasteiger partial charge >= 0.3 is 5.97 Å². The maximum absolute atomic E-state index is 12.8. The highest BCUT2D eigenvalue weighted by atomic mass is 16.6. The van der Waals surface area contributed by atoms with Crippen molar-refractivity contribution in [1.82, 2.24) is 0 Å². The molecule has 0 amide bonds. The van der Waals surface area contributed by atoms with E-state index in [4.69, 9.17) is 19.3 Å². The fourth-order valence-corrected chi connectivity index (χ4v) is 4.00. The van der Waals surface area contributed by atoms with Crippen molar-refractivity contribution in [3.05, 3.63) is 46.5 Å². The molecule has 0 radical (unpaired) electrons. The van der Waals surface area contributed by atoms with Crippen LogP contribution < -0.4 is 0 Å². The highest BCUT2D eigenvalue weighted by Crippen LogP contribution is 2.37. The molecule has 0 fully saturated rings. The van der Waals surface area contributed by atoms with Crippen molar-refractivity contribution in [2.45, 2.75) is 72.5 Å². The van der Waals surface area contributed by atoms with E-state index in [9.17, 15) is 14.7 Å². The quantitative estimate of drug-likeness (QED) is 0.332. The van der Waals surface area contributed by atoms with E-state index in [0.717, 1.165) is 29.6 Å². The van der Waals surface area contributed by atoms with Crippen LogP contribution in [-0.2, 0) is 23.8 Å². The summed E-state index contributed by atoms with van der Waals surface area (Å²) >= 11 is 0. The van der Waals surface area contributed by atoms with Crippen molar-refractivity contribution in [3.63, 3.8) is 0 Å². The predicted octanol–water partition coefficient (Wildman–Crippen LogP) is 4.01. The van der Waals surface area contributed by atoms with Crippen LogP contribution in [0.5, 0.6) is 0 Å². The Balaban J connectivity index is 2.84. The van der Waals surface area contributed by atoms with E-state index in [-0.39, 0.29) is 35.7 Å². The Morgan fingerprint density at radius 2 is 1.73 bits per heavy atom. The van der Waals surface area contributed by atoms with Crippen LogP contribution in [0.15, 0.2) is 46.5 Å². The van der Waals surface area contributed by atoms with Crippen LogP contribution in [0.2, 0.25) is 0 Å². The van der Waals surface area contributed by atoms with Crippen molar-refractivity contribution in [2.24, 2.45) is 11.8 Å². The fourth-order valence-electron chi connectivity index (χ4n) is 4.00. The Bertz CT molecular complexity index is 803. The Kier molecular flexibility index (Phi) is 12.2. The molecular formula is C26H40O7. The smallest absolute Gasteiger partial charge is 0.303 e. The number of esters is 1. The normalized spacial score (nSPS) is 23.5. The molecule has 186 valence electrons. The first kappa shape index (κ1) is 28.7. The summed E-state index contributed by atoms with van der Waals surface area (Å²) in [5.74, 6) is -0.861. The molecular weight excluding hydrogens is 424 g/mol. The Morgan fingerprint density at radius 1 is 1.06 bits per heavy atom. The number of hydrogen-bond acceptors (Lipinski definition) is 7. The molecule has 1 aliphatic carbocycles. The lowest BCUT2D eigenvalue weighted by molar-refractivity contribution is -0.153. The molecule has 0 saturated carbocycles. The van der Waals surface area contributed by atoms with Crippen LogP contribution >= 0.6 is 0 Å². The number of rotatable bonds is 12. The molecule has 2 N–H and O–H groups in total. The molecule has 1 rings (SSSR count). The lowest BCUT2D eigenvalue weighted by atomic mass is 9.77. The van der Waals surface area contributed by atoms with E-state index in [1.165, 1.54) is 21.1 Å². The van der Waals surface area contributed by atoms with Gasteiger partial charge in [-0.25, -0.2) is 0 Å². The molecule has 0 bridgehead atoms. The molecule has 7 nitrogen and oxygen atoms in total. The Morgan fingerprint density at radius 3 is 2.27 bits per heavy atom. The number of Topliss-reactive ketones (excluding diaryl/α,β-unsaturated/α-hetero) is 1. The third-order valence-electron chi connectivity index (χ3n) is 5.89. The highest BCUT2D eigenvalue weighted by molar-refractivity contribution is 5.97. The van der Waals surface area contributed by atoms with Gasteiger partial charge in [0.05, 0.1) is 26.9 Å². The van der Waals surface area contributed by atoms with Gasteiger partial charge in [0.15, 0.2) is 11.9 Å². The molecule has 0 unspecified atom stereocenters. The SMILES string of the molecule is COC1=C(OC)[C@H](OC(C)=O)[C@H](C/C=C(\C)CC/C=C(\C)C[C@H](O)/C=C(\C)CO)[C@@H](C)C1=O. The number of aliphatic hydroxyl groups is 2. The van der Waals surface area contributed by atoms with E-state index in [1.807, 2.05) is 20.8 Å². The Hall–Kier alpha value is -2.38. The monoisotopic (exact) mass is 464 g/mol. The summed E-state index contributed by atoms with van der Waals surface area (Å²) in [6, 6.07) is 0. The summed E-state index contributed by atoms with van der Waals surface area (Å²) in [5.41, 5.74) is 3.00. The number of ketones is 1. The van der Waals surface area contributed by atoms with Gasteiger partial charge in [-0.05, 0) is 52.0 Å². The second-order valence-electron chi connectivity index (χ2n) is 8.77. The average molecular weight is 465 g/mol. The minimum absolute atomic E-state index is 0.0538. The lowest BCUT2D eigenvalue weighted by Crippen LogP contribution is -2.42. The van der Waals surface area contributed by atoms with Crippen molar-refractivity contribution >= 4 is 11.8 Å². The molecule has 0 aromatic heterocycles. The molecule has 0 spiro atoms. The third kappa shape index (κ3) is 8.82. The first-order valence-electron chi connectivity index (χ1n) is 11.4.